The molecule has 27 heavy (non-hydrogen) atoms. The Morgan fingerprint density at radius 2 is 1.70 bits per heavy atom. The third-order valence-corrected chi connectivity index (χ3v) is 5.15. The predicted molar refractivity (Wildman–Crippen MR) is 103 cm³/mol. The van der Waals surface area contributed by atoms with Gasteiger partial charge in [-0.2, -0.15) is 0 Å². The van der Waals surface area contributed by atoms with Crippen molar-refractivity contribution in [2.75, 3.05) is 36.0 Å². The minimum absolute atomic E-state index is 0.577. The first-order valence-electron chi connectivity index (χ1n) is 9.49. The van der Waals surface area contributed by atoms with Crippen molar-refractivity contribution < 1.29 is 4.42 Å². The topological polar surface area (TPSA) is 71.2 Å². The van der Waals surface area contributed by atoms with E-state index in [0.717, 1.165) is 60.8 Å². The first-order valence-corrected chi connectivity index (χ1v) is 9.49. The fraction of sp³-hybridized carbons (Fsp3) is 0.400. The van der Waals surface area contributed by atoms with Gasteiger partial charge in [0.15, 0.2) is 11.6 Å². The number of anilines is 2. The van der Waals surface area contributed by atoms with E-state index in [2.05, 4.69) is 38.0 Å². The van der Waals surface area contributed by atoms with Crippen LogP contribution >= 0.6 is 0 Å². The first-order chi connectivity index (χ1) is 13.3. The molecular formula is C20H22N6O. The molecule has 3 aromatic rings. The van der Waals surface area contributed by atoms with E-state index in [-0.39, 0.29) is 0 Å². The molecule has 4 heterocycles. The van der Waals surface area contributed by atoms with Crippen LogP contribution in [-0.4, -0.2) is 46.3 Å². The summed E-state index contributed by atoms with van der Waals surface area (Å²) in [6.07, 6.45) is 4.10. The van der Waals surface area contributed by atoms with Crippen LogP contribution in [0.5, 0.6) is 0 Å². The maximum absolute atomic E-state index is 5.37. The van der Waals surface area contributed by atoms with E-state index in [1.165, 1.54) is 12.8 Å². The Morgan fingerprint density at radius 1 is 0.926 bits per heavy atom. The van der Waals surface area contributed by atoms with Gasteiger partial charge in [0.2, 0.25) is 0 Å². The van der Waals surface area contributed by atoms with Crippen molar-refractivity contribution >= 4 is 11.6 Å². The summed E-state index contributed by atoms with van der Waals surface area (Å²) in [5.74, 6) is 4.30. The summed E-state index contributed by atoms with van der Waals surface area (Å²) in [6.45, 7) is 5.70. The molecule has 0 atom stereocenters. The third-order valence-electron chi connectivity index (χ3n) is 5.15. The molecule has 1 saturated carbocycles. The zero-order valence-electron chi connectivity index (χ0n) is 15.4. The lowest BCUT2D eigenvalue weighted by Crippen LogP contribution is -2.47. The molecule has 1 aliphatic carbocycles. The van der Waals surface area contributed by atoms with Gasteiger partial charge >= 0.3 is 0 Å². The number of hydrogen-bond acceptors (Lipinski definition) is 7. The van der Waals surface area contributed by atoms with Crippen molar-refractivity contribution in [2.45, 2.75) is 25.7 Å². The monoisotopic (exact) mass is 362 g/mol. The number of aromatic nitrogens is 4. The fourth-order valence-corrected chi connectivity index (χ4v) is 3.47. The lowest BCUT2D eigenvalue weighted by atomic mass is 10.2. The number of rotatable bonds is 4. The van der Waals surface area contributed by atoms with Crippen molar-refractivity contribution in [1.82, 2.24) is 20.2 Å². The molecule has 1 aliphatic heterocycles. The SMILES string of the molecule is Cc1cc(N2CCN(c3ccc(-c4ccco4)nn3)CC2)nc(C2CC2)n1. The van der Waals surface area contributed by atoms with Crippen LogP contribution in [0.25, 0.3) is 11.5 Å². The lowest BCUT2D eigenvalue weighted by Gasteiger charge is -2.36. The fourth-order valence-electron chi connectivity index (χ4n) is 3.47. The largest absolute Gasteiger partial charge is 0.463 e. The van der Waals surface area contributed by atoms with Crippen molar-refractivity contribution in [3.63, 3.8) is 0 Å². The molecule has 0 unspecified atom stereocenters. The molecule has 0 bridgehead atoms. The van der Waals surface area contributed by atoms with Crippen molar-refractivity contribution in [1.29, 1.82) is 0 Å². The number of nitrogens with zero attached hydrogens (tertiary/aromatic N) is 6. The van der Waals surface area contributed by atoms with Gasteiger partial charge in [0.05, 0.1) is 6.26 Å². The van der Waals surface area contributed by atoms with Gasteiger partial charge in [-0.3, -0.25) is 0 Å². The molecule has 0 aromatic carbocycles. The second-order valence-electron chi connectivity index (χ2n) is 7.23. The van der Waals surface area contributed by atoms with Gasteiger partial charge in [0.25, 0.3) is 0 Å². The number of aryl methyl sites for hydroxylation is 1. The van der Waals surface area contributed by atoms with Crippen molar-refractivity contribution in [3.05, 3.63) is 48.1 Å². The Bertz CT molecular complexity index is 912. The molecule has 3 aromatic heterocycles. The highest BCUT2D eigenvalue weighted by Gasteiger charge is 2.28. The molecule has 138 valence electrons. The summed E-state index contributed by atoms with van der Waals surface area (Å²) < 4.78 is 5.37. The second kappa shape index (κ2) is 6.64. The zero-order valence-corrected chi connectivity index (χ0v) is 15.4. The summed E-state index contributed by atoms with van der Waals surface area (Å²) in [5.41, 5.74) is 1.81. The van der Waals surface area contributed by atoms with E-state index < -0.39 is 0 Å². The van der Waals surface area contributed by atoms with Crippen LogP contribution in [-0.2, 0) is 0 Å². The number of piperazine rings is 1. The number of furan rings is 1. The Balaban J connectivity index is 1.26. The molecule has 2 aliphatic rings. The van der Waals surface area contributed by atoms with Crippen LogP contribution < -0.4 is 9.80 Å². The van der Waals surface area contributed by atoms with E-state index in [9.17, 15) is 0 Å². The van der Waals surface area contributed by atoms with Crippen LogP contribution in [0.4, 0.5) is 11.6 Å². The molecule has 0 amide bonds. The maximum Gasteiger partial charge on any atom is 0.154 e. The summed E-state index contributed by atoms with van der Waals surface area (Å²) in [5, 5.41) is 8.69. The minimum atomic E-state index is 0.577. The quantitative estimate of drug-likeness (QED) is 0.706. The Kier molecular flexibility index (Phi) is 3.99. The Morgan fingerprint density at radius 3 is 2.33 bits per heavy atom. The van der Waals surface area contributed by atoms with Crippen LogP contribution in [0.2, 0.25) is 0 Å². The highest BCUT2D eigenvalue weighted by atomic mass is 16.3. The van der Waals surface area contributed by atoms with Crippen molar-refractivity contribution in [3.8, 4) is 11.5 Å². The molecule has 2 fully saturated rings. The molecule has 0 radical (unpaired) electrons. The van der Waals surface area contributed by atoms with E-state index in [0.29, 0.717) is 5.92 Å². The molecule has 7 heteroatoms. The zero-order chi connectivity index (χ0) is 18.2. The summed E-state index contributed by atoms with van der Waals surface area (Å²) in [4.78, 5) is 14.0. The summed E-state index contributed by atoms with van der Waals surface area (Å²) in [7, 11) is 0. The average Bonchev–Trinajstić information content (AvgIpc) is 3.42. The second-order valence-corrected chi connectivity index (χ2v) is 7.23. The highest BCUT2D eigenvalue weighted by molar-refractivity contribution is 5.54. The summed E-state index contributed by atoms with van der Waals surface area (Å²) in [6, 6.07) is 9.82. The molecular weight excluding hydrogens is 340 g/mol. The standard InChI is InChI=1S/C20H22N6O/c1-14-13-19(22-20(21-14)15-4-5-15)26-10-8-25(9-11-26)18-7-6-16(23-24-18)17-3-2-12-27-17/h2-3,6-7,12-13,15H,4-5,8-11H2,1H3. The lowest BCUT2D eigenvalue weighted by molar-refractivity contribution is 0.578. The van der Waals surface area contributed by atoms with Crippen LogP contribution in [0.15, 0.2) is 41.0 Å². The van der Waals surface area contributed by atoms with E-state index in [1.807, 2.05) is 24.3 Å². The molecule has 1 saturated heterocycles. The van der Waals surface area contributed by atoms with Gasteiger partial charge in [-0.1, -0.05) is 0 Å². The van der Waals surface area contributed by atoms with Gasteiger partial charge in [-0.25, -0.2) is 9.97 Å². The third kappa shape index (κ3) is 3.37. The van der Waals surface area contributed by atoms with Crippen LogP contribution in [0, 0.1) is 6.92 Å². The van der Waals surface area contributed by atoms with Gasteiger partial charge < -0.3 is 14.2 Å². The normalized spacial score (nSPS) is 17.4. The number of hydrogen-bond donors (Lipinski definition) is 0. The van der Waals surface area contributed by atoms with Crippen LogP contribution in [0.1, 0.15) is 30.3 Å². The Labute approximate surface area is 158 Å². The predicted octanol–water partition coefficient (Wildman–Crippen LogP) is 3.04. The van der Waals surface area contributed by atoms with E-state index in [4.69, 9.17) is 9.40 Å². The molecule has 0 N–H and O–H groups in total. The van der Waals surface area contributed by atoms with Gasteiger partial charge in [0.1, 0.15) is 17.3 Å². The van der Waals surface area contributed by atoms with Crippen molar-refractivity contribution in [2.24, 2.45) is 0 Å². The molecule has 5 rings (SSSR count). The highest BCUT2D eigenvalue weighted by Crippen LogP contribution is 2.38. The smallest absolute Gasteiger partial charge is 0.154 e. The maximum atomic E-state index is 5.37. The van der Waals surface area contributed by atoms with E-state index in [1.54, 1.807) is 6.26 Å². The first kappa shape index (κ1) is 16.2. The van der Waals surface area contributed by atoms with Gasteiger partial charge in [-0.15, -0.1) is 10.2 Å². The Hall–Kier alpha value is -2.96. The van der Waals surface area contributed by atoms with Crippen LogP contribution in [0.3, 0.4) is 0 Å². The average molecular weight is 362 g/mol. The van der Waals surface area contributed by atoms with Gasteiger partial charge in [-0.05, 0) is 44.0 Å². The van der Waals surface area contributed by atoms with Gasteiger partial charge in [0, 0.05) is 43.9 Å². The molecule has 0 spiro atoms. The van der Waals surface area contributed by atoms with E-state index >= 15 is 0 Å². The summed E-state index contributed by atoms with van der Waals surface area (Å²) >= 11 is 0. The minimum Gasteiger partial charge on any atom is -0.463 e. The molecule has 7 nitrogen and oxygen atoms in total.